The standard InChI is InChI=1S/C18H32O2/c1-13(7-5-11-17(2,3)20)14-9-10-15-16(19)8-6-12-18(14,15)4/h13-15,20H,5-12H2,1-4H3/t13-,14?,15?,18-/m1/s1. The van der Waals surface area contributed by atoms with Gasteiger partial charge in [0.2, 0.25) is 0 Å². The van der Waals surface area contributed by atoms with Crippen molar-refractivity contribution in [1.82, 2.24) is 0 Å². The van der Waals surface area contributed by atoms with E-state index in [1.54, 1.807) is 0 Å². The van der Waals surface area contributed by atoms with Gasteiger partial charge in [0, 0.05) is 12.3 Å². The molecule has 0 heterocycles. The zero-order chi connectivity index (χ0) is 15.0. The van der Waals surface area contributed by atoms with Gasteiger partial charge in [-0.05, 0) is 63.2 Å². The minimum Gasteiger partial charge on any atom is -0.390 e. The monoisotopic (exact) mass is 280 g/mol. The largest absolute Gasteiger partial charge is 0.390 e. The number of carbonyl (C=O) groups excluding carboxylic acids is 1. The molecule has 0 spiro atoms. The second kappa shape index (κ2) is 5.79. The van der Waals surface area contributed by atoms with Crippen molar-refractivity contribution >= 4 is 5.78 Å². The van der Waals surface area contributed by atoms with Crippen molar-refractivity contribution in [3.63, 3.8) is 0 Å². The van der Waals surface area contributed by atoms with Gasteiger partial charge in [-0.3, -0.25) is 4.79 Å². The zero-order valence-corrected chi connectivity index (χ0v) is 13.7. The molecule has 2 nitrogen and oxygen atoms in total. The van der Waals surface area contributed by atoms with Crippen LogP contribution in [0.4, 0.5) is 0 Å². The molecular formula is C18H32O2. The van der Waals surface area contributed by atoms with Crippen molar-refractivity contribution < 1.29 is 9.90 Å². The van der Waals surface area contributed by atoms with Crippen LogP contribution in [-0.4, -0.2) is 16.5 Å². The van der Waals surface area contributed by atoms with E-state index in [1.165, 1.54) is 19.3 Å². The first kappa shape index (κ1) is 16.0. The van der Waals surface area contributed by atoms with Crippen LogP contribution >= 0.6 is 0 Å². The van der Waals surface area contributed by atoms with Crippen LogP contribution in [0.3, 0.4) is 0 Å². The van der Waals surface area contributed by atoms with Crippen LogP contribution in [-0.2, 0) is 4.79 Å². The van der Waals surface area contributed by atoms with E-state index in [9.17, 15) is 9.90 Å². The highest BCUT2D eigenvalue weighted by Crippen LogP contribution is 2.57. The first-order chi connectivity index (χ1) is 9.24. The predicted octanol–water partition coefficient (Wildman–Crippen LogP) is 4.35. The van der Waals surface area contributed by atoms with Crippen molar-refractivity contribution in [2.24, 2.45) is 23.2 Å². The van der Waals surface area contributed by atoms with Gasteiger partial charge in [0.1, 0.15) is 5.78 Å². The topological polar surface area (TPSA) is 37.3 Å². The van der Waals surface area contributed by atoms with Gasteiger partial charge < -0.3 is 5.11 Å². The number of aliphatic hydroxyl groups is 1. The average molecular weight is 280 g/mol. The van der Waals surface area contributed by atoms with E-state index >= 15 is 0 Å². The van der Waals surface area contributed by atoms with Gasteiger partial charge in [-0.2, -0.15) is 0 Å². The molecule has 4 atom stereocenters. The molecule has 0 aromatic heterocycles. The lowest BCUT2D eigenvalue weighted by atomic mass is 9.62. The van der Waals surface area contributed by atoms with Crippen molar-refractivity contribution in [2.45, 2.75) is 84.7 Å². The molecule has 0 amide bonds. The SMILES string of the molecule is C[C@H](CCCC(C)(C)O)C1CCC2C(=O)CCC[C@@]21C. The lowest BCUT2D eigenvalue weighted by Crippen LogP contribution is -2.39. The maximum atomic E-state index is 12.2. The number of ketones is 1. The quantitative estimate of drug-likeness (QED) is 0.813. The third-order valence-corrected chi connectivity index (χ3v) is 6.07. The zero-order valence-electron chi connectivity index (χ0n) is 13.7. The molecule has 2 rings (SSSR count). The van der Waals surface area contributed by atoms with Crippen LogP contribution in [0.1, 0.15) is 79.1 Å². The summed E-state index contributed by atoms with van der Waals surface area (Å²) in [4.78, 5) is 12.2. The molecule has 2 unspecified atom stereocenters. The first-order valence-electron chi connectivity index (χ1n) is 8.49. The molecule has 0 bridgehead atoms. The maximum Gasteiger partial charge on any atom is 0.136 e. The first-order valence-corrected chi connectivity index (χ1v) is 8.49. The fourth-order valence-corrected chi connectivity index (χ4v) is 4.96. The average Bonchev–Trinajstić information content (AvgIpc) is 2.66. The molecule has 1 N–H and O–H groups in total. The molecule has 0 aromatic rings. The second-order valence-electron chi connectivity index (χ2n) is 8.24. The summed E-state index contributed by atoms with van der Waals surface area (Å²) >= 11 is 0. The van der Waals surface area contributed by atoms with Crippen LogP contribution < -0.4 is 0 Å². The molecule has 116 valence electrons. The van der Waals surface area contributed by atoms with Gasteiger partial charge in [-0.25, -0.2) is 0 Å². The Labute approximate surface area is 124 Å². The van der Waals surface area contributed by atoms with Crippen molar-refractivity contribution in [2.75, 3.05) is 0 Å². The Bertz CT molecular complexity index is 355. The van der Waals surface area contributed by atoms with Crippen LogP contribution in [0.15, 0.2) is 0 Å². The molecule has 0 radical (unpaired) electrons. The summed E-state index contributed by atoms with van der Waals surface area (Å²) < 4.78 is 0. The molecule has 2 aliphatic rings. The van der Waals surface area contributed by atoms with Gasteiger partial charge >= 0.3 is 0 Å². The second-order valence-corrected chi connectivity index (χ2v) is 8.24. The normalized spacial score (nSPS) is 36.0. The highest BCUT2D eigenvalue weighted by molar-refractivity contribution is 5.83. The fourth-order valence-electron chi connectivity index (χ4n) is 4.96. The number of rotatable bonds is 5. The Morgan fingerprint density at radius 1 is 1.40 bits per heavy atom. The summed E-state index contributed by atoms with van der Waals surface area (Å²) in [6.07, 6.45) is 8.67. The highest BCUT2D eigenvalue weighted by Gasteiger charge is 2.52. The van der Waals surface area contributed by atoms with Gasteiger partial charge in [0.25, 0.3) is 0 Å². The predicted molar refractivity (Wildman–Crippen MR) is 82.5 cm³/mol. The molecule has 0 aliphatic heterocycles. The van der Waals surface area contributed by atoms with Gasteiger partial charge in [-0.1, -0.05) is 26.7 Å². The molecular weight excluding hydrogens is 248 g/mol. The van der Waals surface area contributed by atoms with E-state index < -0.39 is 5.60 Å². The van der Waals surface area contributed by atoms with Gasteiger partial charge in [0.15, 0.2) is 0 Å². The lowest BCUT2D eigenvalue weighted by molar-refractivity contribution is -0.130. The Morgan fingerprint density at radius 2 is 2.10 bits per heavy atom. The number of hydrogen-bond acceptors (Lipinski definition) is 2. The molecule has 2 saturated carbocycles. The molecule has 2 fully saturated rings. The Kier molecular flexibility index (Phi) is 4.63. The Balaban J connectivity index is 1.93. The van der Waals surface area contributed by atoms with Crippen LogP contribution in [0, 0.1) is 23.2 Å². The summed E-state index contributed by atoms with van der Waals surface area (Å²) in [7, 11) is 0. The minimum absolute atomic E-state index is 0.267. The van der Waals surface area contributed by atoms with E-state index in [-0.39, 0.29) is 5.41 Å². The van der Waals surface area contributed by atoms with E-state index in [0.29, 0.717) is 23.5 Å². The highest BCUT2D eigenvalue weighted by atomic mass is 16.3. The number of fused-ring (bicyclic) bond motifs is 1. The van der Waals surface area contributed by atoms with Crippen LogP contribution in [0.25, 0.3) is 0 Å². The molecule has 20 heavy (non-hydrogen) atoms. The number of carbonyl (C=O) groups is 1. The smallest absolute Gasteiger partial charge is 0.136 e. The summed E-state index contributed by atoms with van der Waals surface area (Å²) in [5.74, 6) is 2.26. The molecule has 2 aliphatic carbocycles. The fraction of sp³-hybridized carbons (Fsp3) is 0.944. The molecule has 0 saturated heterocycles. The number of Topliss-reactive ketones (excluding diaryl/α,β-unsaturated/α-hetero) is 1. The van der Waals surface area contributed by atoms with E-state index in [0.717, 1.165) is 32.1 Å². The third kappa shape index (κ3) is 3.27. The van der Waals surface area contributed by atoms with E-state index in [4.69, 9.17) is 0 Å². The molecule has 2 heteroatoms. The Morgan fingerprint density at radius 3 is 2.75 bits per heavy atom. The van der Waals surface area contributed by atoms with Crippen molar-refractivity contribution in [3.05, 3.63) is 0 Å². The summed E-state index contributed by atoms with van der Waals surface area (Å²) in [5, 5.41) is 9.82. The van der Waals surface area contributed by atoms with Crippen molar-refractivity contribution in [1.29, 1.82) is 0 Å². The third-order valence-electron chi connectivity index (χ3n) is 6.07. The summed E-state index contributed by atoms with van der Waals surface area (Å²) in [6.45, 7) is 8.52. The van der Waals surface area contributed by atoms with E-state index in [2.05, 4.69) is 13.8 Å². The summed E-state index contributed by atoms with van der Waals surface area (Å²) in [5.41, 5.74) is -0.272. The van der Waals surface area contributed by atoms with Crippen molar-refractivity contribution in [3.8, 4) is 0 Å². The minimum atomic E-state index is -0.539. The number of hydrogen-bond donors (Lipinski definition) is 1. The lowest BCUT2D eigenvalue weighted by Gasteiger charge is -2.42. The Hall–Kier alpha value is -0.370. The molecule has 0 aromatic carbocycles. The van der Waals surface area contributed by atoms with Crippen LogP contribution in [0.2, 0.25) is 0 Å². The van der Waals surface area contributed by atoms with Gasteiger partial charge in [0.05, 0.1) is 5.60 Å². The van der Waals surface area contributed by atoms with E-state index in [1.807, 2.05) is 13.8 Å². The van der Waals surface area contributed by atoms with Crippen LogP contribution in [0.5, 0.6) is 0 Å². The van der Waals surface area contributed by atoms with Gasteiger partial charge in [-0.15, -0.1) is 0 Å². The maximum absolute atomic E-state index is 12.2. The summed E-state index contributed by atoms with van der Waals surface area (Å²) in [6, 6.07) is 0.